The lowest BCUT2D eigenvalue weighted by Crippen LogP contribution is -2.42. The summed E-state index contributed by atoms with van der Waals surface area (Å²) in [4.78, 5) is 35.5. The van der Waals surface area contributed by atoms with Crippen LogP contribution < -0.4 is 5.32 Å². The molecule has 0 spiro atoms. The highest BCUT2D eigenvalue weighted by Gasteiger charge is 2.22. The van der Waals surface area contributed by atoms with Crippen molar-refractivity contribution in [2.24, 2.45) is 0 Å². The molecule has 25 heavy (non-hydrogen) atoms. The number of ether oxygens (including phenoxy) is 1. The smallest absolute Gasteiger partial charge is 0.329 e. The molecule has 2 aromatic rings. The van der Waals surface area contributed by atoms with E-state index in [-0.39, 0.29) is 17.9 Å². The largest absolute Gasteiger partial charge is 0.456 e. The van der Waals surface area contributed by atoms with E-state index in [1.807, 2.05) is 30.3 Å². The van der Waals surface area contributed by atoms with E-state index in [1.54, 1.807) is 0 Å². The number of rotatable bonds is 7. The summed E-state index contributed by atoms with van der Waals surface area (Å²) in [6, 6.07) is 13.2. The number of amides is 1. The van der Waals surface area contributed by atoms with E-state index < -0.39 is 30.2 Å². The first kappa shape index (κ1) is 18.3. The van der Waals surface area contributed by atoms with Gasteiger partial charge in [0.15, 0.2) is 12.4 Å². The van der Waals surface area contributed by atoms with Gasteiger partial charge < -0.3 is 10.1 Å². The van der Waals surface area contributed by atoms with Gasteiger partial charge in [-0.15, -0.1) is 0 Å². The fourth-order valence-corrected chi connectivity index (χ4v) is 2.24. The number of halogens is 1. The average Bonchev–Trinajstić information content (AvgIpc) is 2.60. The Labute approximate surface area is 144 Å². The van der Waals surface area contributed by atoms with Gasteiger partial charge in [0.2, 0.25) is 5.91 Å². The first-order valence-corrected chi connectivity index (χ1v) is 7.72. The maximum Gasteiger partial charge on any atom is 0.329 e. The molecule has 5 nitrogen and oxygen atoms in total. The van der Waals surface area contributed by atoms with Crippen LogP contribution in [0, 0.1) is 5.82 Å². The van der Waals surface area contributed by atoms with Gasteiger partial charge in [-0.3, -0.25) is 9.59 Å². The normalized spacial score (nSPS) is 11.4. The quantitative estimate of drug-likeness (QED) is 0.618. The van der Waals surface area contributed by atoms with Gasteiger partial charge >= 0.3 is 5.97 Å². The highest BCUT2D eigenvalue weighted by Crippen LogP contribution is 2.07. The van der Waals surface area contributed by atoms with Crippen molar-refractivity contribution in [2.45, 2.75) is 19.4 Å². The number of nitrogens with one attached hydrogen (secondary N) is 1. The standard InChI is InChI=1S/C19H18FNO4/c1-13(22)21-17(11-14-5-3-2-4-6-14)19(24)25-12-18(23)15-7-9-16(20)10-8-15/h2-10,17H,11-12H2,1H3,(H,21,22)/t17-/m0/s1. The number of Topliss-reactive ketones (excluding diaryl/α,β-unsaturated/α-hetero) is 1. The molecule has 2 rings (SSSR count). The van der Waals surface area contributed by atoms with Crippen molar-refractivity contribution in [3.05, 3.63) is 71.5 Å². The minimum atomic E-state index is -0.888. The molecule has 0 fully saturated rings. The van der Waals surface area contributed by atoms with E-state index in [2.05, 4.69) is 5.32 Å². The lowest BCUT2D eigenvalue weighted by molar-refractivity contribution is -0.146. The molecule has 0 aromatic heterocycles. The van der Waals surface area contributed by atoms with E-state index in [0.717, 1.165) is 17.7 Å². The Morgan fingerprint density at radius 1 is 1.04 bits per heavy atom. The Morgan fingerprint density at radius 2 is 1.68 bits per heavy atom. The molecule has 0 aliphatic heterocycles. The molecular weight excluding hydrogens is 325 g/mol. The first-order valence-electron chi connectivity index (χ1n) is 7.72. The summed E-state index contributed by atoms with van der Waals surface area (Å²) in [5.41, 5.74) is 1.09. The van der Waals surface area contributed by atoms with Crippen molar-refractivity contribution < 1.29 is 23.5 Å². The molecule has 0 saturated heterocycles. The predicted octanol–water partition coefficient (Wildman–Crippen LogP) is 2.30. The lowest BCUT2D eigenvalue weighted by atomic mass is 10.1. The van der Waals surface area contributed by atoms with Gasteiger partial charge in [-0.2, -0.15) is 0 Å². The second-order valence-corrected chi connectivity index (χ2v) is 5.48. The molecule has 0 heterocycles. The zero-order valence-corrected chi connectivity index (χ0v) is 13.7. The van der Waals surface area contributed by atoms with Crippen LogP contribution in [0.15, 0.2) is 54.6 Å². The van der Waals surface area contributed by atoms with Crippen LogP contribution in [0.2, 0.25) is 0 Å². The predicted molar refractivity (Wildman–Crippen MR) is 89.4 cm³/mol. The Kier molecular flexibility index (Phi) is 6.39. The third-order valence-electron chi connectivity index (χ3n) is 3.46. The number of hydrogen-bond donors (Lipinski definition) is 1. The average molecular weight is 343 g/mol. The molecule has 6 heteroatoms. The summed E-state index contributed by atoms with van der Waals surface area (Å²) in [7, 11) is 0. The second kappa shape index (κ2) is 8.73. The van der Waals surface area contributed by atoms with Crippen molar-refractivity contribution in [1.82, 2.24) is 5.32 Å². The van der Waals surface area contributed by atoms with E-state index in [0.29, 0.717) is 0 Å². The van der Waals surface area contributed by atoms with E-state index in [9.17, 15) is 18.8 Å². The molecule has 0 saturated carbocycles. The fraction of sp³-hybridized carbons (Fsp3) is 0.211. The number of carbonyl (C=O) groups excluding carboxylic acids is 3. The summed E-state index contributed by atoms with van der Waals surface area (Å²) in [6.07, 6.45) is 0.254. The van der Waals surface area contributed by atoms with Gasteiger partial charge in [0.1, 0.15) is 11.9 Å². The van der Waals surface area contributed by atoms with Gasteiger partial charge in [-0.1, -0.05) is 30.3 Å². The fourth-order valence-electron chi connectivity index (χ4n) is 2.24. The molecule has 0 bridgehead atoms. The van der Waals surface area contributed by atoms with Gasteiger partial charge in [0, 0.05) is 18.9 Å². The zero-order chi connectivity index (χ0) is 18.2. The van der Waals surface area contributed by atoms with Crippen LogP contribution in [0.4, 0.5) is 4.39 Å². The molecular formula is C19H18FNO4. The van der Waals surface area contributed by atoms with Crippen molar-refractivity contribution in [2.75, 3.05) is 6.61 Å². The maximum atomic E-state index is 12.9. The van der Waals surface area contributed by atoms with Crippen LogP contribution in [0.25, 0.3) is 0 Å². The number of esters is 1. The Bertz CT molecular complexity index is 744. The minimum absolute atomic E-state index is 0.244. The van der Waals surface area contributed by atoms with Crippen LogP contribution in [0.5, 0.6) is 0 Å². The summed E-state index contributed by atoms with van der Waals surface area (Å²) >= 11 is 0. The molecule has 1 amide bonds. The topological polar surface area (TPSA) is 72.5 Å². The minimum Gasteiger partial charge on any atom is -0.456 e. The first-order chi connectivity index (χ1) is 12.0. The number of benzene rings is 2. The van der Waals surface area contributed by atoms with Crippen molar-refractivity contribution in [3.63, 3.8) is 0 Å². The zero-order valence-electron chi connectivity index (χ0n) is 13.7. The molecule has 2 aromatic carbocycles. The van der Waals surface area contributed by atoms with Crippen molar-refractivity contribution in [3.8, 4) is 0 Å². The maximum absolute atomic E-state index is 12.9. The highest BCUT2D eigenvalue weighted by molar-refractivity contribution is 5.98. The van der Waals surface area contributed by atoms with Crippen molar-refractivity contribution >= 4 is 17.7 Å². The van der Waals surface area contributed by atoms with Gasteiger partial charge in [0.25, 0.3) is 0 Å². The molecule has 1 N–H and O–H groups in total. The third-order valence-corrected chi connectivity index (χ3v) is 3.46. The number of ketones is 1. The molecule has 0 radical (unpaired) electrons. The summed E-state index contributed by atoms with van der Waals surface area (Å²) in [5.74, 6) is -1.98. The summed E-state index contributed by atoms with van der Waals surface area (Å²) < 4.78 is 17.9. The summed E-state index contributed by atoms with van der Waals surface area (Å²) in [6.45, 7) is 0.824. The molecule has 130 valence electrons. The van der Waals surface area contributed by atoms with E-state index >= 15 is 0 Å². The number of hydrogen-bond acceptors (Lipinski definition) is 4. The molecule has 0 aliphatic rings. The lowest BCUT2D eigenvalue weighted by Gasteiger charge is -2.16. The van der Waals surface area contributed by atoms with E-state index in [1.165, 1.54) is 19.1 Å². The second-order valence-electron chi connectivity index (χ2n) is 5.48. The van der Waals surface area contributed by atoms with Gasteiger partial charge in [0.05, 0.1) is 0 Å². The van der Waals surface area contributed by atoms with Crippen LogP contribution in [-0.2, 0) is 20.7 Å². The Hall–Kier alpha value is -3.02. The van der Waals surface area contributed by atoms with Gasteiger partial charge in [-0.05, 0) is 29.8 Å². The third kappa shape index (κ3) is 5.84. The van der Waals surface area contributed by atoms with Gasteiger partial charge in [-0.25, -0.2) is 9.18 Å². The van der Waals surface area contributed by atoms with Crippen LogP contribution in [-0.4, -0.2) is 30.3 Å². The van der Waals surface area contributed by atoms with Crippen LogP contribution in [0.1, 0.15) is 22.8 Å². The summed E-state index contributed by atoms with van der Waals surface area (Å²) in [5, 5.41) is 2.52. The van der Waals surface area contributed by atoms with Crippen LogP contribution >= 0.6 is 0 Å². The van der Waals surface area contributed by atoms with Crippen molar-refractivity contribution in [1.29, 1.82) is 0 Å². The molecule has 1 atom stereocenters. The molecule has 0 aliphatic carbocycles. The Balaban J connectivity index is 1.97. The Morgan fingerprint density at radius 3 is 2.28 bits per heavy atom. The highest BCUT2D eigenvalue weighted by atomic mass is 19.1. The monoisotopic (exact) mass is 343 g/mol. The molecule has 0 unspecified atom stereocenters. The van der Waals surface area contributed by atoms with E-state index in [4.69, 9.17) is 4.74 Å². The number of carbonyl (C=O) groups is 3. The SMILES string of the molecule is CC(=O)N[C@@H](Cc1ccccc1)C(=O)OCC(=O)c1ccc(F)cc1. The van der Waals surface area contributed by atoms with Crippen LogP contribution in [0.3, 0.4) is 0 Å².